The highest BCUT2D eigenvalue weighted by Crippen LogP contribution is 2.39. The van der Waals surface area contributed by atoms with Gasteiger partial charge in [0.15, 0.2) is 6.10 Å². The summed E-state index contributed by atoms with van der Waals surface area (Å²) < 4.78 is 35.3. The molecule has 1 aliphatic heterocycles. The molecule has 14 heteroatoms. The third-order valence-corrected chi connectivity index (χ3v) is 6.78. The minimum absolute atomic E-state index is 0.0104. The quantitative estimate of drug-likeness (QED) is 0.201. The van der Waals surface area contributed by atoms with Crippen molar-refractivity contribution in [3.8, 4) is 34.4 Å². The van der Waals surface area contributed by atoms with Crippen molar-refractivity contribution in [2.75, 3.05) is 13.7 Å². The lowest BCUT2D eigenvalue weighted by Gasteiger charge is -2.41. The summed E-state index contributed by atoms with van der Waals surface area (Å²) in [6.45, 7) is 4.47. The summed E-state index contributed by atoms with van der Waals surface area (Å²) in [5.41, 5.74) is 1.91. The lowest BCUT2D eigenvalue weighted by Crippen LogP contribution is -2.52. The van der Waals surface area contributed by atoms with Gasteiger partial charge in [-0.05, 0) is 48.0 Å². The maximum absolute atomic E-state index is 12.1. The van der Waals surface area contributed by atoms with E-state index in [1.807, 2.05) is 12.1 Å². The minimum atomic E-state index is -1.07. The van der Waals surface area contributed by atoms with Gasteiger partial charge in [-0.15, -0.1) is 0 Å². The van der Waals surface area contributed by atoms with Crippen LogP contribution in [0.3, 0.4) is 0 Å². The topological polar surface area (TPSA) is 177 Å². The van der Waals surface area contributed by atoms with Gasteiger partial charge in [-0.25, -0.2) is 0 Å². The first-order valence-corrected chi connectivity index (χ1v) is 14.0. The number of carboxylic acid groups (broad SMARTS) is 1. The van der Waals surface area contributed by atoms with Crippen molar-refractivity contribution in [3.63, 3.8) is 0 Å². The zero-order valence-corrected chi connectivity index (χ0v) is 26.0. The van der Waals surface area contributed by atoms with Crippen molar-refractivity contribution in [2.24, 2.45) is 0 Å². The number of esters is 3. The Morgan fingerprint density at radius 1 is 1.04 bits per heavy atom. The van der Waals surface area contributed by atoms with Crippen LogP contribution in [0.4, 0.5) is 0 Å². The summed E-state index contributed by atoms with van der Waals surface area (Å²) in [7, 11) is 1.56. The molecule has 0 spiro atoms. The molecule has 0 amide bonds. The smallest absolute Gasteiger partial charge is 0.303 e. The lowest BCUT2D eigenvalue weighted by molar-refractivity contribution is -0.227. The summed E-state index contributed by atoms with van der Waals surface area (Å²) in [5.74, 6) is -1.57. The molecule has 4 atom stereocenters. The fourth-order valence-electron chi connectivity index (χ4n) is 4.71. The first kappa shape index (κ1) is 34.5. The Kier molecular flexibility index (Phi) is 12.0. The van der Waals surface area contributed by atoms with Crippen LogP contribution >= 0.6 is 12.2 Å². The predicted octanol–water partition coefficient (Wildman–Crippen LogP) is 4.83. The monoisotopic (exact) mass is 640 g/mol. The van der Waals surface area contributed by atoms with Gasteiger partial charge in [-0.2, -0.15) is 5.26 Å². The van der Waals surface area contributed by atoms with Gasteiger partial charge in [0.25, 0.3) is 5.97 Å². The Balaban J connectivity index is 0.00000130. The van der Waals surface area contributed by atoms with Crippen molar-refractivity contribution in [2.45, 2.75) is 58.7 Å². The number of carbonyl (C=O) groups is 4. The number of aromatic nitrogens is 1. The van der Waals surface area contributed by atoms with Crippen LogP contribution in [-0.2, 0) is 38.1 Å². The van der Waals surface area contributed by atoms with E-state index in [1.54, 1.807) is 42.0 Å². The largest absolute Gasteiger partial charge is 0.497 e. The standard InChI is InChI=1S/C29H28N2O9S.C2H4O2/c1-16(32)37-15-26-28(39-18(3)34)25(38-17(2)33)13-27(40-26)31-23(19-7-9-20(35-4)10-8-19)12-21(22(14-30)29(31)41)24-6-5-11-36-24;1-2(3)4/h5-12,25-28H,13,15H2,1-4H3;1H3,(H,3,4). The van der Waals surface area contributed by atoms with Crippen LogP contribution in [0.1, 0.15) is 45.9 Å². The second-order valence-electron chi connectivity index (χ2n) is 9.72. The SMILES string of the molecule is CC(=O)O.COc1ccc(-c2cc(-c3ccco3)c(C#N)c(=S)n2C2CC(OC(C)=O)C(OC(C)=O)C(COC(C)=O)O2)cc1. The van der Waals surface area contributed by atoms with Gasteiger partial charge in [0.1, 0.15) is 47.3 Å². The molecule has 4 unspecified atom stereocenters. The van der Waals surface area contributed by atoms with E-state index in [0.29, 0.717) is 28.3 Å². The first-order chi connectivity index (χ1) is 21.4. The zero-order chi connectivity index (χ0) is 33.3. The fraction of sp³-hybridized carbons (Fsp3) is 0.355. The maximum Gasteiger partial charge on any atom is 0.303 e. The Morgan fingerprint density at radius 2 is 1.69 bits per heavy atom. The third kappa shape index (κ3) is 9.01. The number of carbonyl (C=O) groups excluding carboxylic acids is 3. The van der Waals surface area contributed by atoms with E-state index in [0.717, 1.165) is 6.92 Å². The van der Waals surface area contributed by atoms with E-state index in [9.17, 15) is 19.6 Å². The fourth-order valence-corrected chi connectivity index (χ4v) is 5.08. The Bertz CT molecular complexity index is 1620. The number of rotatable bonds is 8. The van der Waals surface area contributed by atoms with Gasteiger partial charge in [-0.3, -0.25) is 19.2 Å². The van der Waals surface area contributed by atoms with Crippen LogP contribution in [-0.4, -0.2) is 65.6 Å². The van der Waals surface area contributed by atoms with Crippen LogP contribution in [0.15, 0.2) is 53.1 Å². The van der Waals surface area contributed by atoms with Gasteiger partial charge < -0.3 is 37.8 Å². The number of nitriles is 1. The number of furan rings is 1. The summed E-state index contributed by atoms with van der Waals surface area (Å²) >= 11 is 5.86. The molecule has 13 nitrogen and oxygen atoms in total. The molecule has 1 fully saturated rings. The molecule has 3 aromatic rings. The van der Waals surface area contributed by atoms with E-state index < -0.39 is 48.4 Å². The molecule has 0 saturated carbocycles. The van der Waals surface area contributed by atoms with Crippen molar-refractivity contribution >= 4 is 36.1 Å². The molecule has 0 bridgehead atoms. The molecule has 1 aliphatic rings. The average molecular weight is 641 g/mol. The molecule has 3 heterocycles. The number of nitrogens with zero attached hydrogens (tertiary/aromatic N) is 2. The summed E-state index contributed by atoms with van der Waals surface area (Å²) in [6, 6.07) is 14.6. The highest BCUT2D eigenvalue weighted by molar-refractivity contribution is 7.71. The van der Waals surface area contributed by atoms with Gasteiger partial charge >= 0.3 is 17.9 Å². The van der Waals surface area contributed by atoms with E-state index in [1.165, 1.54) is 27.0 Å². The van der Waals surface area contributed by atoms with Crippen molar-refractivity contribution < 1.29 is 52.4 Å². The number of hydrogen-bond donors (Lipinski definition) is 1. The van der Waals surface area contributed by atoms with Crippen LogP contribution < -0.4 is 4.74 Å². The zero-order valence-electron chi connectivity index (χ0n) is 25.2. The number of methoxy groups -OCH3 is 1. The number of carboxylic acids is 1. The molecule has 1 N–H and O–H groups in total. The van der Waals surface area contributed by atoms with E-state index in [2.05, 4.69) is 6.07 Å². The number of aliphatic carboxylic acids is 1. The van der Waals surface area contributed by atoms with Gasteiger partial charge in [-0.1, -0.05) is 12.2 Å². The number of pyridine rings is 1. The van der Waals surface area contributed by atoms with E-state index in [4.69, 9.17) is 50.2 Å². The number of ether oxygens (including phenoxy) is 5. The summed E-state index contributed by atoms with van der Waals surface area (Å²) in [4.78, 5) is 44.7. The Hall–Kier alpha value is -5.00. The van der Waals surface area contributed by atoms with Crippen LogP contribution in [0.2, 0.25) is 0 Å². The summed E-state index contributed by atoms with van der Waals surface area (Å²) in [6.07, 6.45) is -2.48. The molecular weight excluding hydrogens is 608 g/mol. The van der Waals surface area contributed by atoms with Crippen molar-refractivity contribution in [3.05, 3.63) is 58.9 Å². The molecule has 45 heavy (non-hydrogen) atoms. The van der Waals surface area contributed by atoms with Crippen LogP contribution in [0, 0.1) is 16.0 Å². The van der Waals surface area contributed by atoms with Crippen LogP contribution in [0.5, 0.6) is 5.75 Å². The molecule has 2 aromatic heterocycles. The number of hydrogen-bond acceptors (Lipinski definition) is 12. The molecular formula is C31H32N2O11S. The molecule has 0 radical (unpaired) electrons. The van der Waals surface area contributed by atoms with Crippen molar-refractivity contribution in [1.29, 1.82) is 5.26 Å². The molecule has 1 saturated heterocycles. The van der Waals surface area contributed by atoms with E-state index in [-0.39, 0.29) is 23.2 Å². The second-order valence-corrected chi connectivity index (χ2v) is 10.1. The molecule has 4 rings (SSSR count). The normalized spacial score (nSPS) is 18.8. The van der Waals surface area contributed by atoms with Gasteiger partial charge in [0, 0.05) is 39.7 Å². The maximum atomic E-state index is 12.1. The molecule has 1 aromatic carbocycles. The first-order valence-electron chi connectivity index (χ1n) is 13.6. The van der Waals surface area contributed by atoms with Crippen LogP contribution in [0.25, 0.3) is 22.6 Å². The van der Waals surface area contributed by atoms with Gasteiger partial charge in [0.05, 0.1) is 24.6 Å². The predicted molar refractivity (Wildman–Crippen MR) is 159 cm³/mol. The third-order valence-electron chi connectivity index (χ3n) is 6.38. The number of benzene rings is 1. The van der Waals surface area contributed by atoms with Crippen molar-refractivity contribution in [1.82, 2.24) is 4.57 Å². The molecule has 238 valence electrons. The van der Waals surface area contributed by atoms with Gasteiger partial charge in [0.2, 0.25) is 0 Å². The van der Waals surface area contributed by atoms with E-state index >= 15 is 0 Å². The molecule has 0 aliphatic carbocycles. The minimum Gasteiger partial charge on any atom is -0.497 e. The highest BCUT2D eigenvalue weighted by Gasteiger charge is 2.45. The summed E-state index contributed by atoms with van der Waals surface area (Å²) in [5, 5.41) is 17.6. The Labute approximate surface area is 263 Å². The second kappa shape index (κ2) is 15.6. The lowest BCUT2D eigenvalue weighted by atomic mass is 9.98. The Morgan fingerprint density at radius 3 is 2.20 bits per heavy atom. The average Bonchev–Trinajstić information content (AvgIpc) is 3.51. The highest BCUT2D eigenvalue weighted by atomic mass is 32.1.